The van der Waals surface area contributed by atoms with Gasteiger partial charge in [0.1, 0.15) is 17.7 Å². The van der Waals surface area contributed by atoms with Crippen molar-refractivity contribution in [2.24, 2.45) is 13.0 Å². The third kappa shape index (κ3) is 4.32. The number of nitrogens with zero attached hydrogens (tertiary/aromatic N) is 4. The van der Waals surface area contributed by atoms with E-state index in [1.807, 2.05) is 17.8 Å². The zero-order chi connectivity index (χ0) is 20.3. The largest absolute Gasteiger partial charge is 0.342 e. The van der Waals surface area contributed by atoms with E-state index in [4.69, 9.17) is 0 Å². The summed E-state index contributed by atoms with van der Waals surface area (Å²) in [4.78, 5) is 32.7. The first kappa shape index (κ1) is 19.9. The summed E-state index contributed by atoms with van der Waals surface area (Å²) >= 11 is 0. The van der Waals surface area contributed by atoms with E-state index in [1.54, 1.807) is 42.2 Å². The highest BCUT2D eigenvalue weighted by atomic mass is 19.1. The number of aromatic nitrogens is 2. The summed E-state index contributed by atoms with van der Waals surface area (Å²) in [5.41, 5.74) is 0.768. The van der Waals surface area contributed by atoms with Crippen LogP contribution in [0.15, 0.2) is 36.7 Å². The molecule has 1 aromatic carbocycles. The van der Waals surface area contributed by atoms with Crippen molar-refractivity contribution < 1.29 is 14.0 Å². The van der Waals surface area contributed by atoms with Gasteiger partial charge >= 0.3 is 6.03 Å². The van der Waals surface area contributed by atoms with Gasteiger partial charge in [-0.15, -0.1) is 0 Å². The van der Waals surface area contributed by atoms with E-state index in [1.165, 1.54) is 12.1 Å². The molecule has 1 unspecified atom stereocenters. The standard InChI is InChI=1S/C20H26FN5O2/c1-24(2)20(28)26-11-8-15(9-12-26)19(27)23-17(18-22-10-13-25(18)3)14-4-6-16(21)7-5-14/h4-7,10,13,15,17H,8-9,11-12H2,1-3H3,(H,23,27). The molecule has 0 bridgehead atoms. The number of imidazole rings is 1. The third-order valence-corrected chi connectivity index (χ3v) is 5.13. The van der Waals surface area contributed by atoms with Crippen LogP contribution in [0.3, 0.4) is 0 Å². The molecule has 0 spiro atoms. The topological polar surface area (TPSA) is 70.5 Å². The second-order valence-electron chi connectivity index (χ2n) is 7.33. The molecule has 1 fully saturated rings. The van der Waals surface area contributed by atoms with Crippen molar-refractivity contribution in [3.05, 3.63) is 53.9 Å². The molecule has 0 radical (unpaired) electrons. The van der Waals surface area contributed by atoms with Gasteiger partial charge in [0.05, 0.1) is 0 Å². The minimum atomic E-state index is -0.463. The number of amides is 3. The number of piperidine rings is 1. The summed E-state index contributed by atoms with van der Waals surface area (Å²) in [5.74, 6) is 0.107. The number of carbonyl (C=O) groups is 2. The third-order valence-electron chi connectivity index (χ3n) is 5.13. The second-order valence-corrected chi connectivity index (χ2v) is 7.33. The minimum Gasteiger partial charge on any atom is -0.342 e. The Bertz CT molecular complexity index is 825. The molecule has 1 saturated heterocycles. The maximum absolute atomic E-state index is 13.3. The fourth-order valence-corrected chi connectivity index (χ4v) is 3.48. The Morgan fingerprint density at radius 1 is 1.21 bits per heavy atom. The van der Waals surface area contributed by atoms with Gasteiger partial charge in [-0.2, -0.15) is 0 Å². The molecule has 1 aromatic heterocycles. The van der Waals surface area contributed by atoms with E-state index in [-0.39, 0.29) is 23.7 Å². The number of urea groups is 1. The summed E-state index contributed by atoms with van der Waals surface area (Å²) in [7, 11) is 5.30. The highest BCUT2D eigenvalue weighted by Crippen LogP contribution is 2.24. The van der Waals surface area contributed by atoms with Gasteiger partial charge in [0.15, 0.2) is 0 Å². The number of nitrogens with one attached hydrogen (secondary N) is 1. The first-order valence-electron chi connectivity index (χ1n) is 9.36. The van der Waals surface area contributed by atoms with Crippen LogP contribution in [-0.2, 0) is 11.8 Å². The van der Waals surface area contributed by atoms with Crippen molar-refractivity contribution >= 4 is 11.9 Å². The molecule has 1 N–H and O–H groups in total. The summed E-state index contributed by atoms with van der Waals surface area (Å²) in [6.45, 7) is 1.11. The molecular weight excluding hydrogens is 361 g/mol. The van der Waals surface area contributed by atoms with Gasteiger partial charge in [0.25, 0.3) is 0 Å². The number of halogens is 1. The molecule has 7 nitrogen and oxygen atoms in total. The van der Waals surface area contributed by atoms with Gasteiger partial charge in [-0.3, -0.25) is 4.79 Å². The van der Waals surface area contributed by atoms with Gasteiger partial charge in [-0.1, -0.05) is 12.1 Å². The van der Waals surface area contributed by atoms with Crippen LogP contribution in [0.25, 0.3) is 0 Å². The molecule has 1 aliphatic rings. The molecule has 2 heterocycles. The zero-order valence-electron chi connectivity index (χ0n) is 16.4. The van der Waals surface area contributed by atoms with Crippen LogP contribution >= 0.6 is 0 Å². The lowest BCUT2D eigenvalue weighted by atomic mass is 9.95. The van der Waals surface area contributed by atoms with Gasteiger partial charge in [0.2, 0.25) is 5.91 Å². The highest BCUT2D eigenvalue weighted by Gasteiger charge is 2.30. The van der Waals surface area contributed by atoms with Gasteiger partial charge < -0.3 is 19.7 Å². The molecule has 8 heteroatoms. The fourth-order valence-electron chi connectivity index (χ4n) is 3.48. The Balaban J connectivity index is 1.71. The van der Waals surface area contributed by atoms with Crippen LogP contribution in [0.2, 0.25) is 0 Å². The monoisotopic (exact) mass is 387 g/mol. The average Bonchev–Trinajstić information content (AvgIpc) is 3.12. The average molecular weight is 387 g/mol. The van der Waals surface area contributed by atoms with Gasteiger partial charge in [-0.05, 0) is 30.5 Å². The van der Waals surface area contributed by atoms with Crippen LogP contribution in [0.5, 0.6) is 0 Å². The number of hydrogen-bond donors (Lipinski definition) is 1. The lowest BCUT2D eigenvalue weighted by Crippen LogP contribution is -2.47. The molecule has 1 aliphatic heterocycles. The van der Waals surface area contributed by atoms with Crippen LogP contribution in [0.1, 0.15) is 30.3 Å². The minimum absolute atomic E-state index is 0.0314. The number of hydrogen-bond acceptors (Lipinski definition) is 3. The maximum atomic E-state index is 13.3. The molecular formula is C20H26FN5O2. The predicted molar refractivity (Wildman–Crippen MR) is 103 cm³/mol. The summed E-state index contributed by atoms with van der Waals surface area (Å²) in [6.07, 6.45) is 4.71. The van der Waals surface area contributed by atoms with E-state index >= 15 is 0 Å². The zero-order valence-corrected chi connectivity index (χ0v) is 16.4. The molecule has 1 atom stereocenters. The van der Waals surface area contributed by atoms with Crippen molar-refractivity contribution in [1.29, 1.82) is 0 Å². The van der Waals surface area contributed by atoms with E-state index in [2.05, 4.69) is 10.3 Å². The molecule has 0 saturated carbocycles. The first-order chi connectivity index (χ1) is 13.4. The van der Waals surface area contributed by atoms with E-state index in [9.17, 15) is 14.0 Å². The highest BCUT2D eigenvalue weighted by molar-refractivity contribution is 5.80. The number of aryl methyl sites for hydroxylation is 1. The summed E-state index contributed by atoms with van der Waals surface area (Å²) in [5, 5.41) is 3.07. The molecule has 0 aliphatic carbocycles. The lowest BCUT2D eigenvalue weighted by Gasteiger charge is -2.33. The summed E-state index contributed by atoms with van der Waals surface area (Å²) in [6, 6.07) is 5.58. The van der Waals surface area contributed by atoms with Crippen molar-refractivity contribution in [3.8, 4) is 0 Å². The van der Waals surface area contributed by atoms with Crippen molar-refractivity contribution in [1.82, 2.24) is 24.7 Å². The molecule has 28 heavy (non-hydrogen) atoms. The van der Waals surface area contributed by atoms with Crippen molar-refractivity contribution in [2.45, 2.75) is 18.9 Å². The second kappa shape index (κ2) is 8.41. The Labute approximate surface area is 164 Å². The first-order valence-corrected chi connectivity index (χ1v) is 9.36. The van der Waals surface area contributed by atoms with Crippen LogP contribution < -0.4 is 5.32 Å². The Morgan fingerprint density at radius 2 is 1.86 bits per heavy atom. The SMILES string of the molecule is CN(C)C(=O)N1CCC(C(=O)NC(c2ccc(F)cc2)c2nccn2C)CC1. The molecule has 3 rings (SSSR count). The van der Waals surface area contributed by atoms with Crippen molar-refractivity contribution in [3.63, 3.8) is 0 Å². The maximum Gasteiger partial charge on any atom is 0.319 e. The normalized spacial score (nSPS) is 15.9. The Kier molecular flexibility index (Phi) is 5.96. The van der Waals surface area contributed by atoms with Crippen molar-refractivity contribution in [2.75, 3.05) is 27.2 Å². The quantitative estimate of drug-likeness (QED) is 0.874. The van der Waals surface area contributed by atoms with Crippen LogP contribution in [-0.4, -0.2) is 58.5 Å². The van der Waals surface area contributed by atoms with E-state index < -0.39 is 6.04 Å². The van der Waals surface area contributed by atoms with Gasteiger partial charge in [-0.25, -0.2) is 14.2 Å². The van der Waals surface area contributed by atoms with E-state index in [0.29, 0.717) is 31.8 Å². The molecule has 2 aromatic rings. The van der Waals surface area contributed by atoms with Crippen LogP contribution in [0.4, 0.5) is 9.18 Å². The lowest BCUT2D eigenvalue weighted by molar-refractivity contribution is -0.126. The Hall–Kier alpha value is -2.90. The predicted octanol–water partition coefficient (Wildman–Crippen LogP) is 2.16. The number of benzene rings is 1. The number of carbonyl (C=O) groups excluding carboxylic acids is 2. The molecule has 150 valence electrons. The number of rotatable bonds is 4. The smallest absolute Gasteiger partial charge is 0.319 e. The van der Waals surface area contributed by atoms with Crippen LogP contribution in [0, 0.1) is 11.7 Å². The summed E-state index contributed by atoms with van der Waals surface area (Å²) < 4.78 is 15.2. The number of likely N-dealkylation sites (tertiary alicyclic amines) is 1. The Morgan fingerprint density at radius 3 is 2.39 bits per heavy atom. The fraction of sp³-hybridized carbons (Fsp3) is 0.450. The van der Waals surface area contributed by atoms with Gasteiger partial charge in [0, 0.05) is 52.5 Å². The van der Waals surface area contributed by atoms with E-state index in [0.717, 1.165) is 5.56 Å². The molecule has 3 amide bonds.